The zero-order valence-electron chi connectivity index (χ0n) is 12.1. The average molecular weight is 346 g/mol. The van der Waals surface area contributed by atoms with Crippen LogP contribution in [-0.2, 0) is 0 Å². The van der Waals surface area contributed by atoms with Crippen molar-refractivity contribution in [1.82, 2.24) is 9.55 Å². The molecule has 1 heterocycles. The van der Waals surface area contributed by atoms with E-state index in [0.29, 0.717) is 16.1 Å². The van der Waals surface area contributed by atoms with Crippen molar-refractivity contribution in [3.8, 4) is 0 Å². The summed E-state index contributed by atoms with van der Waals surface area (Å²) >= 11 is 18.7. The second kappa shape index (κ2) is 6.36. The van der Waals surface area contributed by atoms with Gasteiger partial charge in [0.15, 0.2) is 0 Å². The topological polar surface area (TPSA) is 17.8 Å². The number of imidazole rings is 1. The summed E-state index contributed by atoms with van der Waals surface area (Å²) in [5.74, 6) is 0.928. The third-order valence-corrected chi connectivity index (χ3v) is 5.22. The van der Waals surface area contributed by atoms with Gasteiger partial charge in [-0.25, -0.2) is 4.98 Å². The maximum Gasteiger partial charge on any atom is 0.127 e. The van der Waals surface area contributed by atoms with E-state index in [4.69, 9.17) is 39.8 Å². The number of alkyl halides is 1. The van der Waals surface area contributed by atoms with E-state index in [0.717, 1.165) is 16.9 Å². The van der Waals surface area contributed by atoms with Crippen molar-refractivity contribution in [1.29, 1.82) is 0 Å². The third-order valence-electron chi connectivity index (χ3n) is 4.30. The Kier molecular flexibility index (Phi) is 4.68. The van der Waals surface area contributed by atoms with Crippen LogP contribution in [0.3, 0.4) is 0 Å². The van der Waals surface area contributed by atoms with E-state index in [1.165, 1.54) is 38.5 Å². The highest BCUT2D eigenvalue weighted by atomic mass is 35.5. The number of hydrogen-bond acceptors (Lipinski definition) is 1. The molecule has 21 heavy (non-hydrogen) atoms. The number of fused-ring (bicyclic) bond motifs is 1. The summed E-state index contributed by atoms with van der Waals surface area (Å²) in [6.45, 7) is 1.97. The molecule has 114 valence electrons. The molecule has 0 aliphatic heterocycles. The zero-order valence-corrected chi connectivity index (χ0v) is 14.3. The molecular weight excluding hydrogens is 327 g/mol. The Morgan fingerprint density at radius 3 is 2.33 bits per heavy atom. The molecule has 3 rings (SSSR count). The Balaban J connectivity index is 2.17. The molecule has 2 aromatic rings. The normalized spacial score (nSPS) is 18.9. The first kappa shape index (κ1) is 15.5. The highest BCUT2D eigenvalue weighted by Crippen LogP contribution is 2.37. The van der Waals surface area contributed by atoms with Gasteiger partial charge < -0.3 is 4.57 Å². The van der Waals surface area contributed by atoms with Gasteiger partial charge in [0, 0.05) is 6.04 Å². The monoisotopic (exact) mass is 344 g/mol. The number of nitrogens with zero attached hydrogens (tertiary/aromatic N) is 2. The van der Waals surface area contributed by atoms with Gasteiger partial charge in [0.25, 0.3) is 0 Å². The van der Waals surface area contributed by atoms with Crippen LogP contribution >= 0.6 is 34.8 Å². The van der Waals surface area contributed by atoms with E-state index in [-0.39, 0.29) is 5.38 Å². The molecule has 1 saturated carbocycles. The van der Waals surface area contributed by atoms with Crippen molar-refractivity contribution in [3.63, 3.8) is 0 Å². The summed E-state index contributed by atoms with van der Waals surface area (Å²) in [6, 6.07) is 4.24. The Bertz CT molecular complexity index is 640. The maximum absolute atomic E-state index is 6.37. The van der Waals surface area contributed by atoms with Crippen molar-refractivity contribution >= 4 is 45.8 Å². The molecule has 0 spiro atoms. The van der Waals surface area contributed by atoms with Crippen molar-refractivity contribution in [3.05, 3.63) is 28.0 Å². The van der Waals surface area contributed by atoms with Crippen LogP contribution in [0.25, 0.3) is 11.0 Å². The average Bonchev–Trinajstić information content (AvgIpc) is 2.63. The number of aromatic nitrogens is 2. The van der Waals surface area contributed by atoms with Crippen LogP contribution in [0.1, 0.15) is 62.7 Å². The Morgan fingerprint density at radius 1 is 1.10 bits per heavy atom. The van der Waals surface area contributed by atoms with E-state index < -0.39 is 0 Å². The summed E-state index contributed by atoms with van der Waals surface area (Å²) in [6.07, 6.45) is 7.54. The van der Waals surface area contributed by atoms with Crippen LogP contribution in [0, 0.1) is 0 Å². The van der Waals surface area contributed by atoms with Gasteiger partial charge in [-0.05, 0) is 31.9 Å². The summed E-state index contributed by atoms with van der Waals surface area (Å²) < 4.78 is 2.31. The van der Waals surface area contributed by atoms with Crippen LogP contribution in [0.5, 0.6) is 0 Å². The van der Waals surface area contributed by atoms with Gasteiger partial charge in [0.2, 0.25) is 0 Å². The van der Waals surface area contributed by atoms with Gasteiger partial charge >= 0.3 is 0 Å². The molecule has 1 unspecified atom stereocenters. The Morgan fingerprint density at radius 2 is 1.71 bits per heavy atom. The first-order valence-corrected chi connectivity index (χ1v) is 8.78. The van der Waals surface area contributed by atoms with Gasteiger partial charge in [-0.2, -0.15) is 0 Å². The predicted molar refractivity (Wildman–Crippen MR) is 90.8 cm³/mol. The van der Waals surface area contributed by atoms with E-state index in [1.54, 1.807) is 0 Å². The SMILES string of the molecule is CC(Cl)c1nc2cc(Cl)c(Cl)cc2n1C1CCCCCC1. The third kappa shape index (κ3) is 3.04. The van der Waals surface area contributed by atoms with Gasteiger partial charge in [0.05, 0.1) is 26.5 Å². The first-order chi connectivity index (χ1) is 10.1. The minimum Gasteiger partial charge on any atom is -0.324 e. The van der Waals surface area contributed by atoms with Gasteiger partial charge in [-0.15, -0.1) is 11.6 Å². The number of halogens is 3. The summed E-state index contributed by atoms with van der Waals surface area (Å²) in [5.41, 5.74) is 1.94. The van der Waals surface area contributed by atoms with Crippen molar-refractivity contribution < 1.29 is 0 Å². The van der Waals surface area contributed by atoms with Crippen LogP contribution < -0.4 is 0 Å². The van der Waals surface area contributed by atoms with Gasteiger partial charge in [0.1, 0.15) is 5.82 Å². The lowest BCUT2D eigenvalue weighted by Crippen LogP contribution is -2.12. The molecule has 0 bridgehead atoms. The molecule has 1 atom stereocenters. The largest absolute Gasteiger partial charge is 0.324 e. The lowest BCUT2D eigenvalue weighted by molar-refractivity contribution is 0.440. The molecule has 1 fully saturated rings. The van der Waals surface area contributed by atoms with Gasteiger partial charge in [-0.1, -0.05) is 48.9 Å². The lowest BCUT2D eigenvalue weighted by atomic mass is 10.1. The molecule has 1 aliphatic carbocycles. The standard InChI is InChI=1S/C16H19Cl3N2/c1-10(17)16-20-14-8-12(18)13(19)9-15(14)21(16)11-6-4-2-3-5-7-11/h8-11H,2-7H2,1H3. The molecule has 1 aliphatic rings. The van der Waals surface area contributed by atoms with E-state index in [9.17, 15) is 0 Å². The maximum atomic E-state index is 6.37. The smallest absolute Gasteiger partial charge is 0.127 e. The Hall–Kier alpha value is -0.440. The molecule has 0 amide bonds. The lowest BCUT2D eigenvalue weighted by Gasteiger charge is -2.21. The fraction of sp³-hybridized carbons (Fsp3) is 0.562. The highest BCUT2D eigenvalue weighted by Gasteiger charge is 2.23. The zero-order chi connectivity index (χ0) is 15.0. The minimum absolute atomic E-state index is 0.127. The van der Waals surface area contributed by atoms with Crippen LogP contribution in [0.2, 0.25) is 10.0 Å². The minimum atomic E-state index is -0.127. The molecule has 0 radical (unpaired) electrons. The Labute approximate surface area is 140 Å². The number of rotatable bonds is 2. The van der Waals surface area contributed by atoms with E-state index in [1.807, 2.05) is 19.1 Å². The second-order valence-corrected chi connectivity index (χ2v) is 7.33. The molecule has 2 nitrogen and oxygen atoms in total. The van der Waals surface area contributed by atoms with E-state index in [2.05, 4.69) is 4.57 Å². The van der Waals surface area contributed by atoms with Crippen LogP contribution in [0.15, 0.2) is 12.1 Å². The predicted octanol–water partition coefficient (Wildman–Crippen LogP) is 6.54. The molecule has 1 aromatic carbocycles. The summed E-state index contributed by atoms with van der Waals surface area (Å²) in [5, 5.41) is 0.995. The van der Waals surface area contributed by atoms with Gasteiger partial charge in [-0.3, -0.25) is 0 Å². The second-order valence-electron chi connectivity index (χ2n) is 5.86. The van der Waals surface area contributed by atoms with Crippen molar-refractivity contribution in [2.45, 2.75) is 56.9 Å². The quantitative estimate of drug-likeness (QED) is 0.446. The van der Waals surface area contributed by atoms with Crippen LogP contribution in [0.4, 0.5) is 0 Å². The summed E-state index contributed by atoms with van der Waals surface area (Å²) in [7, 11) is 0. The number of benzene rings is 1. The first-order valence-electron chi connectivity index (χ1n) is 7.59. The molecular formula is C16H19Cl3N2. The van der Waals surface area contributed by atoms with E-state index >= 15 is 0 Å². The summed E-state index contributed by atoms with van der Waals surface area (Å²) in [4.78, 5) is 4.71. The fourth-order valence-electron chi connectivity index (χ4n) is 3.29. The molecule has 5 heteroatoms. The van der Waals surface area contributed by atoms with Crippen molar-refractivity contribution in [2.75, 3.05) is 0 Å². The van der Waals surface area contributed by atoms with Crippen molar-refractivity contribution in [2.24, 2.45) is 0 Å². The molecule has 1 aromatic heterocycles. The van der Waals surface area contributed by atoms with Crippen LogP contribution in [-0.4, -0.2) is 9.55 Å². The highest BCUT2D eigenvalue weighted by molar-refractivity contribution is 6.42. The molecule has 0 saturated heterocycles. The number of hydrogen-bond donors (Lipinski definition) is 0. The molecule has 0 N–H and O–H groups in total. The fourth-order valence-corrected chi connectivity index (χ4v) is 3.76.